The zero-order chi connectivity index (χ0) is 15.6. The van der Waals surface area contributed by atoms with Gasteiger partial charge in [-0.2, -0.15) is 0 Å². The van der Waals surface area contributed by atoms with E-state index in [2.05, 4.69) is 59.0 Å². The van der Waals surface area contributed by atoms with Gasteiger partial charge in [-0.1, -0.05) is 45.4 Å². The van der Waals surface area contributed by atoms with Gasteiger partial charge in [-0.3, -0.25) is 0 Å². The fourth-order valence-electron chi connectivity index (χ4n) is 2.90. The van der Waals surface area contributed by atoms with Crippen molar-refractivity contribution < 1.29 is 0 Å². The highest BCUT2D eigenvalue weighted by Gasteiger charge is 2.15. The summed E-state index contributed by atoms with van der Waals surface area (Å²) in [6, 6.07) is 4.69. The lowest BCUT2D eigenvalue weighted by Crippen LogP contribution is -2.19. The van der Waals surface area contributed by atoms with Crippen LogP contribution in [0.5, 0.6) is 0 Å². The van der Waals surface area contributed by atoms with Crippen LogP contribution in [0.15, 0.2) is 12.1 Å². The molecule has 1 nitrogen and oxygen atoms in total. The maximum Gasteiger partial charge on any atom is 0.0378 e. The fraction of sp³-hybridized carbons (Fsp3) is 0.579. The average molecular weight is 304 g/mol. The molecule has 0 unspecified atom stereocenters. The van der Waals surface area contributed by atoms with E-state index in [4.69, 9.17) is 0 Å². The number of aryl methyl sites for hydroxylation is 2. The van der Waals surface area contributed by atoms with Gasteiger partial charge >= 0.3 is 0 Å². The van der Waals surface area contributed by atoms with Crippen molar-refractivity contribution in [2.75, 3.05) is 6.54 Å². The summed E-state index contributed by atoms with van der Waals surface area (Å²) in [7, 11) is 0. The van der Waals surface area contributed by atoms with E-state index < -0.39 is 0 Å². The summed E-state index contributed by atoms with van der Waals surface area (Å²) < 4.78 is 1.48. The SMILES string of the molecule is Cc1cc(C)c2sc(CNCC(C)C)c(CC(C)C)c2c1. The molecule has 0 bridgehead atoms. The van der Waals surface area contributed by atoms with Gasteiger partial charge in [0.2, 0.25) is 0 Å². The van der Waals surface area contributed by atoms with Crippen LogP contribution >= 0.6 is 11.3 Å². The highest BCUT2D eigenvalue weighted by atomic mass is 32.1. The Morgan fingerprint density at radius 2 is 1.76 bits per heavy atom. The Balaban J connectivity index is 2.40. The van der Waals surface area contributed by atoms with Crippen LogP contribution in [0.25, 0.3) is 10.1 Å². The molecule has 2 aromatic rings. The van der Waals surface area contributed by atoms with E-state index in [0.29, 0.717) is 11.8 Å². The van der Waals surface area contributed by atoms with Gasteiger partial charge < -0.3 is 5.32 Å². The van der Waals surface area contributed by atoms with Crippen LogP contribution in [0, 0.1) is 25.7 Å². The molecule has 0 aliphatic rings. The molecule has 0 aliphatic carbocycles. The number of hydrogen-bond donors (Lipinski definition) is 1. The monoisotopic (exact) mass is 303 g/mol. The zero-order valence-corrected chi connectivity index (χ0v) is 15.2. The van der Waals surface area contributed by atoms with Crippen molar-refractivity contribution >= 4 is 21.4 Å². The van der Waals surface area contributed by atoms with Gasteiger partial charge in [-0.25, -0.2) is 0 Å². The maximum atomic E-state index is 3.62. The summed E-state index contributed by atoms with van der Waals surface area (Å²) in [6.45, 7) is 15.7. The van der Waals surface area contributed by atoms with Crippen LogP contribution in [-0.2, 0) is 13.0 Å². The average Bonchev–Trinajstić information content (AvgIpc) is 2.67. The second kappa shape index (κ2) is 6.93. The molecule has 1 heterocycles. The van der Waals surface area contributed by atoms with E-state index in [9.17, 15) is 0 Å². The topological polar surface area (TPSA) is 12.0 Å². The quantitative estimate of drug-likeness (QED) is 0.747. The molecule has 0 spiro atoms. The van der Waals surface area contributed by atoms with Gasteiger partial charge in [0.25, 0.3) is 0 Å². The normalized spacial score (nSPS) is 12.0. The Kier molecular flexibility index (Phi) is 5.45. The van der Waals surface area contributed by atoms with Crippen molar-refractivity contribution in [2.24, 2.45) is 11.8 Å². The van der Waals surface area contributed by atoms with Gasteiger partial charge in [-0.15, -0.1) is 11.3 Å². The Morgan fingerprint density at radius 1 is 1.05 bits per heavy atom. The third-order valence-corrected chi connectivity index (χ3v) is 5.14. The first-order chi connectivity index (χ1) is 9.88. The Hall–Kier alpha value is -0.860. The highest BCUT2D eigenvalue weighted by Crippen LogP contribution is 2.36. The molecule has 0 atom stereocenters. The Labute approximate surface area is 133 Å². The second-order valence-electron chi connectivity index (χ2n) is 7.09. The Morgan fingerprint density at radius 3 is 2.38 bits per heavy atom. The first kappa shape index (κ1) is 16.5. The molecular weight excluding hydrogens is 274 g/mol. The minimum absolute atomic E-state index is 0.701. The summed E-state index contributed by atoms with van der Waals surface area (Å²) in [6.07, 6.45) is 1.18. The highest BCUT2D eigenvalue weighted by molar-refractivity contribution is 7.19. The predicted octanol–water partition coefficient (Wildman–Crippen LogP) is 5.46. The van der Waals surface area contributed by atoms with Crippen LogP contribution in [0.1, 0.15) is 49.3 Å². The fourth-order valence-corrected chi connectivity index (χ4v) is 4.15. The maximum absolute atomic E-state index is 3.62. The minimum Gasteiger partial charge on any atom is -0.312 e. The van der Waals surface area contributed by atoms with Gasteiger partial charge in [0, 0.05) is 16.1 Å². The van der Waals surface area contributed by atoms with Crippen LogP contribution in [-0.4, -0.2) is 6.54 Å². The van der Waals surface area contributed by atoms with Crippen LogP contribution < -0.4 is 5.32 Å². The van der Waals surface area contributed by atoms with Crippen LogP contribution in [0.4, 0.5) is 0 Å². The molecule has 1 N–H and O–H groups in total. The van der Waals surface area contributed by atoms with Crippen molar-refractivity contribution in [3.05, 3.63) is 33.7 Å². The van der Waals surface area contributed by atoms with E-state index in [1.54, 1.807) is 5.56 Å². The summed E-state index contributed by atoms with van der Waals surface area (Å²) in [4.78, 5) is 1.54. The first-order valence-electron chi connectivity index (χ1n) is 8.10. The molecule has 0 amide bonds. The van der Waals surface area contributed by atoms with Crippen molar-refractivity contribution in [1.82, 2.24) is 5.32 Å². The molecule has 0 radical (unpaired) electrons. The van der Waals surface area contributed by atoms with Crippen molar-refractivity contribution in [1.29, 1.82) is 0 Å². The van der Waals surface area contributed by atoms with Crippen LogP contribution in [0.3, 0.4) is 0 Å². The van der Waals surface area contributed by atoms with E-state index in [1.807, 2.05) is 11.3 Å². The van der Waals surface area contributed by atoms with Gasteiger partial charge in [0.05, 0.1) is 0 Å². The molecule has 21 heavy (non-hydrogen) atoms. The van der Waals surface area contributed by atoms with Gasteiger partial charge in [0.15, 0.2) is 0 Å². The molecule has 0 aliphatic heterocycles. The number of nitrogens with one attached hydrogen (secondary N) is 1. The molecule has 1 aromatic carbocycles. The smallest absolute Gasteiger partial charge is 0.0378 e. The third kappa shape index (κ3) is 4.08. The molecule has 2 rings (SSSR count). The number of rotatable bonds is 6. The number of hydrogen-bond acceptors (Lipinski definition) is 2. The molecule has 0 fully saturated rings. The van der Waals surface area contributed by atoms with E-state index in [1.165, 1.54) is 32.5 Å². The standard InChI is InChI=1S/C19H29NS/c1-12(2)7-16-17-9-14(5)8-15(6)19(17)21-18(16)11-20-10-13(3)4/h8-9,12-13,20H,7,10-11H2,1-6H3. The van der Waals surface area contributed by atoms with E-state index >= 15 is 0 Å². The lowest BCUT2D eigenvalue weighted by molar-refractivity contribution is 0.552. The Bertz CT molecular complexity index is 608. The van der Waals surface area contributed by atoms with Crippen LogP contribution in [0.2, 0.25) is 0 Å². The minimum atomic E-state index is 0.701. The van der Waals surface area contributed by atoms with Crippen molar-refractivity contribution in [3.63, 3.8) is 0 Å². The lowest BCUT2D eigenvalue weighted by atomic mass is 9.97. The van der Waals surface area contributed by atoms with Gasteiger partial charge in [-0.05, 0) is 55.2 Å². The second-order valence-corrected chi connectivity index (χ2v) is 8.19. The molecule has 1 aromatic heterocycles. The largest absolute Gasteiger partial charge is 0.312 e. The molecule has 2 heteroatoms. The molecule has 116 valence electrons. The van der Waals surface area contributed by atoms with E-state index in [0.717, 1.165) is 13.1 Å². The molecule has 0 saturated heterocycles. The lowest BCUT2D eigenvalue weighted by Gasteiger charge is -2.10. The molecular formula is C19H29NS. The number of thiophene rings is 1. The van der Waals surface area contributed by atoms with Gasteiger partial charge in [0.1, 0.15) is 0 Å². The summed E-state index contributed by atoms with van der Waals surface area (Å²) in [5, 5.41) is 5.11. The van der Waals surface area contributed by atoms with Crippen molar-refractivity contribution in [3.8, 4) is 0 Å². The summed E-state index contributed by atoms with van der Waals surface area (Å²) in [5.74, 6) is 1.41. The summed E-state index contributed by atoms with van der Waals surface area (Å²) >= 11 is 1.99. The predicted molar refractivity (Wildman–Crippen MR) is 96.4 cm³/mol. The third-order valence-electron chi connectivity index (χ3n) is 3.76. The number of benzene rings is 1. The number of fused-ring (bicyclic) bond motifs is 1. The molecule has 0 saturated carbocycles. The van der Waals surface area contributed by atoms with Crippen molar-refractivity contribution in [2.45, 2.75) is 54.5 Å². The van der Waals surface area contributed by atoms with E-state index in [-0.39, 0.29) is 0 Å². The zero-order valence-electron chi connectivity index (χ0n) is 14.3. The first-order valence-corrected chi connectivity index (χ1v) is 8.92. The summed E-state index contributed by atoms with van der Waals surface area (Å²) in [5.41, 5.74) is 4.38.